The Morgan fingerprint density at radius 1 is 1.26 bits per heavy atom. The van der Waals surface area contributed by atoms with Crippen LogP contribution in [-0.4, -0.2) is 50.6 Å². The summed E-state index contributed by atoms with van der Waals surface area (Å²) in [6.07, 6.45) is 5.10. The third kappa shape index (κ3) is 5.57. The summed E-state index contributed by atoms with van der Waals surface area (Å²) in [5, 5.41) is 16.2. The number of carbonyl (C=O) groups excluding carboxylic acids is 2. The van der Waals surface area contributed by atoms with Gasteiger partial charge in [0.2, 0.25) is 0 Å². The van der Waals surface area contributed by atoms with Gasteiger partial charge in [0.1, 0.15) is 16.5 Å². The van der Waals surface area contributed by atoms with Crippen LogP contribution < -0.4 is 5.32 Å². The molecule has 3 heterocycles. The van der Waals surface area contributed by atoms with Gasteiger partial charge in [0.05, 0.1) is 10.6 Å². The lowest BCUT2D eigenvalue weighted by atomic mass is 9.97. The molecule has 1 saturated heterocycles. The predicted molar refractivity (Wildman–Crippen MR) is 141 cm³/mol. The van der Waals surface area contributed by atoms with Crippen LogP contribution in [0.15, 0.2) is 53.5 Å². The second-order valence-corrected chi connectivity index (χ2v) is 10.3. The fourth-order valence-electron chi connectivity index (χ4n) is 4.01. The standard InChI is InChI=1S/C26H28N4O3S2/c1-4-14-34-25-19(6-5-11-27-25)26(33)30-12-9-18(10-13-30)24-29-21(15-35-24)23(32)28-20-7-8-22(31)17(3)16(20)2/h4-8,11,15,18,31H,1,9-10,12-14H2,2-3H3,(H,28,32). The molecule has 0 atom stereocenters. The minimum Gasteiger partial charge on any atom is -0.508 e. The average Bonchev–Trinajstić information content (AvgIpc) is 3.38. The van der Waals surface area contributed by atoms with Gasteiger partial charge in [0, 0.05) is 42.0 Å². The number of pyridine rings is 1. The van der Waals surface area contributed by atoms with Crippen LogP contribution in [0.1, 0.15) is 55.7 Å². The molecule has 0 radical (unpaired) electrons. The quantitative estimate of drug-likeness (QED) is 0.252. The number of piperidine rings is 1. The molecular weight excluding hydrogens is 480 g/mol. The summed E-state index contributed by atoms with van der Waals surface area (Å²) in [4.78, 5) is 36.8. The van der Waals surface area contributed by atoms with Crippen LogP contribution in [0.3, 0.4) is 0 Å². The summed E-state index contributed by atoms with van der Waals surface area (Å²) in [5.41, 5.74) is 3.23. The molecule has 0 saturated carbocycles. The molecule has 4 rings (SSSR count). The van der Waals surface area contributed by atoms with E-state index in [1.54, 1.807) is 35.9 Å². The molecule has 7 nitrogen and oxygen atoms in total. The van der Waals surface area contributed by atoms with Gasteiger partial charge in [-0.15, -0.1) is 29.7 Å². The number of thiazole rings is 1. The van der Waals surface area contributed by atoms with Crippen molar-refractivity contribution >= 4 is 40.6 Å². The largest absolute Gasteiger partial charge is 0.508 e. The molecule has 3 aromatic rings. The van der Waals surface area contributed by atoms with Crippen LogP contribution in [0.5, 0.6) is 5.75 Å². The molecule has 1 aliphatic heterocycles. The molecular formula is C26H28N4O3S2. The van der Waals surface area contributed by atoms with Gasteiger partial charge in [-0.1, -0.05) is 6.08 Å². The van der Waals surface area contributed by atoms with E-state index in [1.165, 1.54) is 23.1 Å². The van der Waals surface area contributed by atoms with E-state index in [0.29, 0.717) is 35.8 Å². The number of thioether (sulfide) groups is 1. The first-order chi connectivity index (χ1) is 16.9. The van der Waals surface area contributed by atoms with Gasteiger partial charge in [-0.2, -0.15) is 0 Å². The molecule has 2 N–H and O–H groups in total. The van der Waals surface area contributed by atoms with Crippen LogP contribution >= 0.6 is 23.1 Å². The number of aromatic hydroxyl groups is 1. The molecule has 35 heavy (non-hydrogen) atoms. The number of hydrogen-bond donors (Lipinski definition) is 2. The van der Waals surface area contributed by atoms with Crippen LogP contribution in [0.4, 0.5) is 5.69 Å². The Kier molecular flexibility index (Phi) is 7.87. The fourth-order valence-corrected chi connectivity index (χ4v) is 5.71. The number of rotatable bonds is 7. The summed E-state index contributed by atoms with van der Waals surface area (Å²) >= 11 is 2.99. The van der Waals surface area contributed by atoms with Crippen molar-refractivity contribution in [3.8, 4) is 5.75 Å². The number of likely N-dealkylation sites (tertiary alicyclic amines) is 1. The molecule has 2 aromatic heterocycles. The number of nitrogens with zero attached hydrogens (tertiary/aromatic N) is 3. The van der Waals surface area contributed by atoms with Crippen molar-refractivity contribution in [3.63, 3.8) is 0 Å². The smallest absolute Gasteiger partial charge is 0.275 e. The maximum absolute atomic E-state index is 13.1. The number of carbonyl (C=O) groups is 2. The summed E-state index contributed by atoms with van der Waals surface area (Å²) < 4.78 is 0. The van der Waals surface area contributed by atoms with Gasteiger partial charge >= 0.3 is 0 Å². The van der Waals surface area contributed by atoms with Crippen molar-refractivity contribution in [2.45, 2.75) is 37.6 Å². The second-order valence-electron chi connectivity index (χ2n) is 8.43. The first-order valence-electron chi connectivity index (χ1n) is 11.4. The zero-order chi connectivity index (χ0) is 24.9. The first-order valence-corrected chi connectivity index (χ1v) is 13.3. The van der Waals surface area contributed by atoms with E-state index in [-0.39, 0.29) is 23.5 Å². The molecule has 0 unspecified atom stereocenters. The van der Waals surface area contributed by atoms with Crippen LogP contribution in [0.2, 0.25) is 0 Å². The van der Waals surface area contributed by atoms with E-state index in [1.807, 2.05) is 24.8 Å². The first kappa shape index (κ1) is 24.9. The Balaban J connectivity index is 1.37. The third-order valence-corrected chi connectivity index (χ3v) is 8.24. The minimum absolute atomic E-state index is 0.00174. The number of nitrogens with one attached hydrogen (secondary N) is 1. The SMILES string of the molecule is C=CCSc1ncccc1C(=O)N1CCC(c2nc(C(=O)Nc3ccc(O)c(C)c3C)cs2)CC1. The molecule has 1 aromatic carbocycles. The molecule has 0 spiro atoms. The topological polar surface area (TPSA) is 95.4 Å². The maximum atomic E-state index is 13.1. The maximum Gasteiger partial charge on any atom is 0.275 e. The molecule has 2 amide bonds. The van der Waals surface area contributed by atoms with E-state index in [4.69, 9.17) is 0 Å². The summed E-state index contributed by atoms with van der Waals surface area (Å²) in [6.45, 7) is 8.68. The number of benzene rings is 1. The van der Waals surface area contributed by atoms with Gasteiger partial charge in [-0.25, -0.2) is 9.97 Å². The van der Waals surface area contributed by atoms with E-state index >= 15 is 0 Å². The molecule has 0 aliphatic carbocycles. The number of anilines is 1. The highest BCUT2D eigenvalue weighted by molar-refractivity contribution is 7.99. The lowest BCUT2D eigenvalue weighted by Gasteiger charge is -2.31. The highest BCUT2D eigenvalue weighted by atomic mass is 32.2. The van der Waals surface area contributed by atoms with Crippen molar-refractivity contribution in [3.05, 3.63) is 75.9 Å². The zero-order valence-electron chi connectivity index (χ0n) is 19.8. The van der Waals surface area contributed by atoms with Crippen LogP contribution in [0.25, 0.3) is 0 Å². The molecule has 182 valence electrons. The van der Waals surface area contributed by atoms with Crippen molar-refractivity contribution in [1.29, 1.82) is 0 Å². The molecule has 1 fully saturated rings. The molecule has 9 heteroatoms. The van der Waals surface area contributed by atoms with E-state index < -0.39 is 0 Å². The summed E-state index contributed by atoms with van der Waals surface area (Å²) in [6, 6.07) is 6.89. The molecule has 0 bridgehead atoms. The van der Waals surface area contributed by atoms with Gasteiger partial charge < -0.3 is 15.3 Å². The third-order valence-electron chi connectivity index (χ3n) is 6.23. The average molecular weight is 509 g/mol. The van der Waals surface area contributed by atoms with Crippen LogP contribution in [-0.2, 0) is 0 Å². The molecule has 1 aliphatic rings. The lowest BCUT2D eigenvalue weighted by molar-refractivity contribution is 0.0708. The highest BCUT2D eigenvalue weighted by Gasteiger charge is 2.28. The number of phenolic OH excluding ortho intramolecular Hbond substituents is 1. The minimum atomic E-state index is -0.269. The Morgan fingerprint density at radius 2 is 2.03 bits per heavy atom. The highest BCUT2D eigenvalue weighted by Crippen LogP contribution is 2.32. The predicted octanol–water partition coefficient (Wildman–Crippen LogP) is 5.41. The van der Waals surface area contributed by atoms with E-state index in [9.17, 15) is 14.7 Å². The van der Waals surface area contributed by atoms with E-state index in [0.717, 1.165) is 34.0 Å². The monoisotopic (exact) mass is 508 g/mol. The number of hydrogen-bond acceptors (Lipinski definition) is 7. The van der Waals surface area contributed by atoms with Gasteiger partial charge in [-0.3, -0.25) is 9.59 Å². The Bertz CT molecular complexity index is 1250. The van der Waals surface area contributed by atoms with Crippen molar-refractivity contribution in [2.24, 2.45) is 0 Å². The number of phenols is 1. The Morgan fingerprint density at radius 3 is 2.77 bits per heavy atom. The Labute approximate surface area is 213 Å². The van der Waals surface area contributed by atoms with Gasteiger partial charge in [-0.05, 0) is 62.1 Å². The lowest BCUT2D eigenvalue weighted by Crippen LogP contribution is -2.38. The second kappa shape index (κ2) is 11.0. The summed E-state index contributed by atoms with van der Waals surface area (Å²) in [5.74, 6) is 0.852. The van der Waals surface area contributed by atoms with Crippen molar-refractivity contribution < 1.29 is 14.7 Å². The Hall–Kier alpha value is -3.17. The zero-order valence-corrected chi connectivity index (χ0v) is 21.4. The number of aromatic nitrogens is 2. The van der Waals surface area contributed by atoms with Crippen molar-refractivity contribution in [2.75, 3.05) is 24.2 Å². The number of amides is 2. The van der Waals surface area contributed by atoms with Gasteiger partial charge in [0.25, 0.3) is 11.8 Å². The van der Waals surface area contributed by atoms with E-state index in [2.05, 4.69) is 21.9 Å². The van der Waals surface area contributed by atoms with Gasteiger partial charge in [0.15, 0.2) is 0 Å². The summed E-state index contributed by atoms with van der Waals surface area (Å²) in [7, 11) is 0. The van der Waals surface area contributed by atoms with Crippen LogP contribution in [0, 0.1) is 13.8 Å². The fraction of sp³-hybridized carbons (Fsp3) is 0.308. The normalized spacial score (nSPS) is 14.1. The van der Waals surface area contributed by atoms with Crippen molar-refractivity contribution in [1.82, 2.24) is 14.9 Å².